The van der Waals surface area contributed by atoms with Gasteiger partial charge >= 0.3 is 5.92 Å². The van der Waals surface area contributed by atoms with Crippen LogP contribution in [0.4, 0.5) is 13.2 Å². The second kappa shape index (κ2) is 1.80. The molecule has 0 aliphatic rings. The molecule has 1 nitrogen and oxygen atoms in total. The standard InChI is InChI=1S/C2H2F3OP/c1-7(6)2(3,4)5/h1H2. The highest BCUT2D eigenvalue weighted by Crippen LogP contribution is 2.35. The monoisotopic (exact) mass is 130 g/mol. The molecule has 0 saturated heterocycles. The molecule has 0 heterocycles. The zero-order chi connectivity index (χ0) is 6.08. The van der Waals surface area contributed by atoms with Crippen LogP contribution in [0, 0.1) is 0 Å². The first-order valence-corrected chi connectivity index (χ1v) is 2.73. The Bertz CT molecular complexity index is 85.4. The highest BCUT2D eigenvalue weighted by atomic mass is 31.1. The second-order valence-electron chi connectivity index (χ2n) is 0.846. The summed E-state index contributed by atoms with van der Waals surface area (Å²) in [4.78, 5) is 9.38. The van der Waals surface area contributed by atoms with Crippen LogP contribution in [0.2, 0.25) is 0 Å². The molecule has 0 spiro atoms. The summed E-state index contributed by atoms with van der Waals surface area (Å²) in [6, 6.07) is 0. The maximum absolute atomic E-state index is 10.8. The molecule has 0 amide bonds. The molecule has 0 saturated carbocycles. The molecular weight excluding hydrogens is 128 g/mol. The van der Waals surface area contributed by atoms with Crippen LogP contribution in [-0.2, 0) is 0 Å². The van der Waals surface area contributed by atoms with Crippen molar-refractivity contribution < 1.29 is 18.1 Å². The molecule has 0 aromatic heterocycles. The summed E-state index contributed by atoms with van der Waals surface area (Å²) >= 11 is 0. The van der Waals surface area contributed by atoms with Crippen LogP contribution in [0.15, 0.2) is 0 Å². The van der Waals surface area contributed by atoms with Crippen LogP contribution in [0.1, 0.15) is 0 Å². The molecule has 1 atom stereocenters. The fraction of sp³-hybridized carbons (Fsp3) is 0.500. The van der Waals surface area contributed by atoms with E-state index in [0.29, 0.717) is 0 Å². The minimum absolute atomic E-state index is 2.29. The first-order chi connectivity index (χ1) is 2.94. The molecule has 0 aromatic carbocycles. The molecule has 0 aliphatic carbocycles. The lowest BCUT2D eigenvalue weighted by Gasteiger charge is -1.96. The van der Waals surface area contributed by atoms with Crippen LogP contribution >= 0.6 is 7.77 Å². The minimum atomic E-state index is -4.60. The van der Waals surface area contributed by atoms with Gasteiger partial charge in [0.25, 0.3) is 0 Å². The Kier molecular flexibility index (Phi) is 1.78. The Hall–Kier alpha value is -0.0800. The Morgan fingerprint density at radius 1 is 1.43 bits per heavy atom. The molecule has 42 valence electrons. The number of hydrogen-bond donors (Lipinski definition) is 0. The van der Waals surface area contributed by atoms with Crippen LogP contribution in [0.5, 0.6) is 0 Å². The minimum Gasteiger partial charge on any atom is -0.624 e. The highest BCUT2D eigenvalue weighted by Gasteiger charge is 2.37. The molecule has 0 rings (SSSR count). The third-order valence-corrected chi connectivity index (χ3v) is 0.848. The van der Waals surface area contributed by atoms with Crippen molar-refractivity contribution in [2.75, 3.05) is 0 Å². The molecule has 1 unspecified atom stereocenters. The summed E-state index contributed by atoms with van der Waals surface area (Å²) in [6.45, 7) is 0. The fourth-order valence-corrected chi connectivity index (χ4v) is 0. The van der Waals surface area contributed by atoms with Crippen molar-refractivity contribution >= 4 is 14.1 Å². The van der Waals surface area contributed by atoms with Gasteiger partial charge in [-0.15, -0.1) is 13.2 Å². The van der Waals surface area contributed by atoms with Crippen molar-refractivity contribution in [1.29, 1.82) is 0 Å². The van der Waals surface area contributed by atoms with Gasteiger partial charge in [0.15, 0.2) is 7.77 Å². The summed E-state index contributed by atoms with van der Waals surface area (Å²) in [6.07, 6.45) is 2.29. The van der Waals surface area contributed by atoms with Gasteiger partial charge in [-0.1, -0.05) is 0 Å². The molecule has 7 heavy (non-hydrogen) atoms. The third kappa shape index (κ3) is 2.60. The molecule has 0 fully saturated rings. The van der Waals surface area contributed by atoms with Crippen LogP contribution < -0.4 is 4.89 Å². The SMILES string of the molecule is C=[P+]([O-])C(F)(F)F. The van der Waals surface area contributed by atoms with Crippen LogP contribution in [-0.4, -0.2) is 12.2 Å². The molecule has 0 N–H and O–H groups in total. The van der Waals surface area contributed by atoms with Crippen molar-refractivity contribution in [3.05, 3.63) is 0 Å². The fourth-order valence-electron chi connectivity index (χ4n) is 0. The predicted octanol–water partition coefficient (Wildman–Crippen LogP) is 0.695. The lowest BCUT2D eigenvalue weighted by molar-refractivity contribution is -0.187. The van der Waals surface area contributed by atoms with Crippen molar-refractivity contribution in [2.45, 2.75) is 5.92 Å². The number of hydrogen-bond acceptors (Lipinski definition) is 1. The molecule has 0 bridgehead atoms. The van der Waals surface area contributed by atoms with Crippen LogP contribution in [0.3, 0.4) is 0 Å². The maximum atomic E-state index is 10.8. The van der Waals surface area contributed by atoms with Gasteiger partial charge < -0.3 is 4.89 Å². The number of rotatable bonds is 0. The van der Waals surface area contributed by atoms with E-state index in [-0.39, 0.29) is 0 Å². The summed E-state index contributed by atoms with van der Waals surface area (Å²) in [5.41, 5.74) is 0. The normalized spacial score (nSPS) is 14.0. The Morgan fingerprint density at radius 3 is 1.57 bits per heavy atom. The summed E-state index contributed by atoms with van der Waals surface area (Å²) in [5.74, 6) is -4.60. The van der Waals surface area contributed by atoms with Gasteiger partial charge in [-0.2, -0.15) is 0 Å². The van der Waals surface area contributed by atoms with E-state index >= 15 is 0 Å². The first-order valence-electron chi connectivity index (χ1n) is 1.29. The van der Waals surface area contributed by atoms with E-state index < -0.39 is 13.7 Å². The van der Waals surface area contributed by atoms with Gasteiger partial charge in [0.1, 0.15) is 0 Å². The summed E-state index contributed by atoms with van der Waals surface area (Å²) < 4.78 is 32.5. The number of alkyl halides is 3. The van der Waals surface area contributed by atoms with Gasteiger partial charge in [-0.3, -0.25) is 0 Å². The Morgan fingerprint density at radius 2 is 1.57 bits per heavy atom. The Labute approximate surface area is 39.2 Å². The van der Waals surface area contributed by atoms with E-state index in [4.69, 9.17) is 0 Å². The average Bonchev–Trinajstić information content (AvgIpc) is 1.31. The van der Waals surface area contributed by atoms with Gasteiger partial charge in [0.2, 0.25) is 0 Å². The average molecular weight is 130 g/mol. The topological polar surface area (TPSA) is 23.1 Å². The van der Waals surface area contributed by atoms with E-state index in [0.717, 1.165) is 0 Å². The van der Waals surface area contributed by atoms with Gasteiger partial charge in [-0.25, -0.2) is 0 Å². The van der Waals surface area contributed by atoms with E-state index in [1.165, 1.54) is 0 Å². The maximum Gasteiger partial charge on any atom is 0.559 e. The largest absolute Gasteiger partial charge is 0.624 e. The quantitative estimate of drug-likeness (QED) is 0.442. The lowest BCUT2D eigenvalue weighted by Crippen LogP contribution is -2.07. The van der Waals surface area contributed by atoms with Crippen molar-refractivity contribution in [3.8, 4) is 0 Å². The Balaban J connectivity index is 3.79. The molecule has 0 radical (unpaired) electrons. The lowest BCUT2D eigenvalue weighted by atomic mass is 11.6. The predicted molar refractivity (Wildman–Crippen MR) is 20.1 cm³/mol. The van der Waals surface area contributed by atoms with E-state index in [2.05, 4.69) is 6.30 Å². The van der Waals surface area contributed by atoms with E-state index in [1.807, 2.05) is 0 Å². The van der Waals surface area contributed by atoms with E-state index in [9.17, 15) is 18.1 Å². The van der Waals surface area contributed by atoms with Gasteiger partial charge in [0.05, 0.1) is 6.30 Å². The molecule has 0 aromatic rings. The summed E-state index contributed by atoms with van der Waals surface area (Å²) in [5, 5.41) is 0. The molecule has 0 aliphatic heterocycles. The molecular formula is C2H2F3OP. The smallest absolute Gasteiger partial charge is 0.559 e. The highest BCUT2D eigenvalue weighted by molar-refractivity contribution is 7.49. The second-order valence-corrected chi connectivity index (χ2v) is 2.11. The third-order valence-electron chi connectivity index (χ3n) is 0.283. The zero-order valence-corrected chi connectivity index (χ0v) is 4.09. The van der Waals surface area contributed by atoms with Crippen molar-refractivity contribution in [3.63, 3.8) is 0 Å². The van der Waals surface area contributed by atoms with Gasteiger partial charge in [-0.05, 0) is 0 Å². The van der Waals surface area contributed by atoms with Gasteiger partial charge in [0, 0.05) is 0 Å². The van der Waals surface area contributed by atoms with E-state index in [1.54, 1.807) is 0 Å². The van der Waals surface area contributed by atoms with Crippen LogP contribution in [0.25, 0.3) is 0 Å². The van der Waals surface area contributed by atoms with Crippen molar-refractivity contribution in [2.24, 2.45) is 0 Å². The summed E-state index contributed by atoms with van der Waals surface area (Å²) in [7, 11) is -3.24. The van der Waals surface area contributed by atoms with Crippen molar-refractivity contribution in [1.82, 2.24) is 0 Å². The molecule has 5 heteroatoms. The zero-order valence-electron chi connectivity index (χ0n) is 3.20. The number of halogens is 3. The first kappa shape index (κ1) is 6.92.